The molecule has 1 aliphatic rings. The van der Waals surface area contributed by atoms with Crippen molar-refractivity contribution in [3.8, 4) is 0 Å². The van der Waals surface area contributed by atoms with Crippen LogP contribution in [-0.2, 0) is 16.4 Å². The van der Waals surface area contributed by atoms with Gasteiger partial charge in [0.15, 0.2) is 0 Å². The third-order valence-corrected chi connectivity index (χ3v) is 5.31. The minimum absolute atomic E-state index is 0.535. The lowest BCUT2D eigenvalue weighted by atomic mass is 10.1. The van der Waals surface area contributed by atoms with Crippen LogP contribution in [-0.4, -0.2) is 51.7 Å². The quantitative estimate of drug-likeness (QED) is 0.869. The van der Waals surface area contributed by atoms with Crippen molar-refractivity contribution in [2.24, 2.45) is 5.73 Å². The fourth-order valence-corrected chi connectivity index (χ4v) is 3.63. The molecule has 5 nitrogen and oxygen atoms in total. The van der Waals surface area contributed by atoms with Crippen LogP contribution >= 0.6 is 15.9 Å². The van der Waals surface area contributed by atoms with E-state index in [-0.39, 0.29) is 0 Å². The monoisotopic (exact) mass is 361 g/mol. The third-order valence-electron chi connectivity index (χ3n) is 3.51. The van der Waals surface area contributed by atoms with E-state index >= 15 is 0 Å². The predicted octanol–water partition coefficient (Wildman–Crippen LogP) is 1.03. The molecule has 0 amide bonds. The number of nitrogens with zero attached hydrogens (tertiary/aromatic N) is 2. The van der Waals surface area contributed by atoms with Crippen LogP contribution in [0.2, 0.25) is 0 Å². The van der Waals surface area contributed by atoms with Gasteiger partial charge in [0.25, 0.3) is 0 Å². The summed E-state index contributed by atoms with van der Waals surface area (Å²) in [6.07, 6.45) is 2.09. The van der Waals surface area contributed by atoms with Crippen molar-refractivity contribution in [3.63, 3.8) is 0 Å². The van der Waals surface area contributed by atoms with Gasteiger partial charge in [-0.3, -0.25) is 0 Å². The maximum atomic E-state index is 11.5. The molecule has 2 rings (SSSR count). The standard InChI is InChI=1S/C13H20BrN3O2S/c1-20(18,19)17-8-6-16(7-9-17)13-10-12(14)3-2-11(13)4-5-15/h2-3,10H,4-9,15H2,1H3. The van der Waals surface area contributed by atoms with Crippen LogP contribution in [0.1, 0.15) is 5.56 Å². The van der Waals surface area contributed by atoms with E-state index in [1.165, 1.54) is 16.1 Å². The fourth-order valence-electron chi connectivity index (χ4n) is 2.46. The molecular weight excluding hydrogens is 342 g/mol. The third kappa shape index (κ3) is 3.72. The zero-order valence-electron chi connectivity index (χ0n) is 11.5. The molecule has 112 valence electrons. The summed E-state index contributed by atoms with van der Waals surface area (Å²) >= 11 is 3.49. The summed E-state index contributed by atoms with van der Waals surface area (Å²) in [5.74, 6) is 0. The number of benzene rings is 1. The number of nitrogens with two attached hydrogens (primary N) is 1. The number of anilines is 1. The van der Waals surface area contributed by atoms with E-state index < -0.39 is 10.0 Å². The molecular formula is C13H20BrN3O2S. The highest BCUT2D eigenvalue weighted by Crippen LogP contribution is 2.26. The van der Waals surface area contributed by atoms with Crippen molar-refractivity contribution in [2.45, 2.75) is 6.42 Å². The predicted molar refractivity (Wildman–Crippen MR) is 85.5 cm³/mol. The van der Waals surface area contributed by atoms with E-state index in [9.17, 15) is 8.42 Å². The van der Waals surface area contributed by atoms with E-state index in [4.69, 9.17) is 5.73 Å². The normalized spacial score (nSPS) is 17.4. The van der Waals surface area contributed by atoms with E-state index in [1.54, 1.807) is 0 Å². The van der Waals surface area contributed by atoms with Crippen molar-refractivity contribution in [1.29, 1.82) is 0 Å². The Bertz CT molecular complexity index is 569. The second kappa shape index (κ2) is 6.43. The molecule has 7 heteroatoms. The van der Waals surface area contributed by atoms with Crippen LogP contribution in [0.5, 0.6) is 0 Å². The summed E-state index contributed by atoms with van der Waals surface area (Å²) < 4.78 is 25.6. The second-order valence-electron chi connectivity index (χ2n) is 4.96. The maximum absolute atomic E-state index is 11.5. The van der Waals surface area contributed by atoms with Crippen molar-refractivity contribution in [1.82, 2.24) is 4.31 Å². The first-order valence-corrected chi connectivity index (χ1v) is 9.24. The molecule has 1 aromatic carbocycles. The van der Waals surface area contributed by atoms with Crippen molar-refractivity contribution < 1.29 is 8.42 Å². The SMILES string of the molecule is CS(=O)(=O)N1CCN(c2cc(Br)ccc2CCN)CC1. The van der Waals surface area contributed by atoms with Gasteiger partial charge >= 0.3 is 0 Å². The van der Waals surface area contributed by atoms with Gasteiger partial charge in [0.1, 0.15) is 0 Å². The van der Waals surface area contributed by atoms with E-state index in [2.05, 4.69) is 33.0 Å². The zero-order valence-corrected chi connectivity index (χ0v) is 14.0. The Morgan fingerprint density at radius 3 is 2.45 bits per heavy atom. The molecule has 1 aliphatic heterocycles. The number of hydrogen-bond donors (Lipinski definition) is 1. The molecule has 0 radical (unpaired) electrons. The molecule has 0 spiro atoms. The largest absolute Gasteiger partial charge is 0.369 e. The van der Waals surface area contributed by atoms with Crippen LogP contribution in [0.4, 0.5) is 5.69 Å². The van der Waals surface area contributed by atoms with Gasteiger partial charge in [0.05, 0.1) is 6.26 Å². The summed E-state index contributed by atoms with van der Waals surface area (Å²) in [5, 5.41) is 0. The molecule has 0 atom stereocenters. The lowest BCUT2D eigenvalue weighted by Gasteiger charge is -2.36. The molecule has 0 unspecified atom stereocenters. The van der Waals surface area contributed by atoms with Crippen LogP contribution in [0, 0.1) is 0 Å². The average molecular weight is 362 g/mol. The highest BCUT2D eigenvalue weighted by molar-refractivity contribution is 9.10. The minimum atomic E-state index is -3.08. The van der Waals surface area contributed by atoms with Crippen LogP contribution in [0.25, 0.3) is 0 Å². The van der Waals surface area contributed by atoms with Crippen molar-refractivity contribution in [2.75, 3.05) is 43.9 Å². The minimum Gasteiger partial charge on any atom is -0.369 e. The average Bonchev–Trinajstić information content (AvgIpc) is 2.40. The molecule has 0 aliphatic carbocycles. The Hall–Kier alpha value is -0.630. The first kappa shape index (κ1) is 15.8. The Balaban J connectivity index is 2.16. The smallest absolute Gasteiger partial charge is 0.211 e. The van der Waals surface area contributed by atoms with E-state index in [0.29, 0.717) is 32.7 Å². The molecule has 20 heavy (non-hydrogen) atoms. The number of piperazine rings is 1. The van der Waals surface area contributed by atoms with Gasteiger partial charge < -0.3 is 10.6 Å². The molecule has 1 aromatic rings. The van der Waals surface area contributed by atoms with Crippen molar-refractivity contribution >= 4 is 31.6 Å². The van der Waals surface area contributed by atoms with Gasteiger partial charge in [-0.05, 0) is 30.7 Å². The fraction of sp³-hybridized carbons (Fsp3) is 0.538. The first-order valence-electron chi connectivity index (χ1n) is 6.60. The van der Waals surface area contributed by atoms with Gasteiger partial charge in [0, 0.05) is 36.3 Å². The number of sulfonamides is 1. The Kier molecular flexibility index (Phi) is 5.06. The number of rotatable bonds is 4. The molecule has 1 heterocycles. The molecule has 0 saturated carbocycles. The Morgan fingerprint density at radius 2 is 1.90 bits per heavy atom. The van der Waals surface area contributed by atoms with Crippen LogP contribution in [0.15, 0.2) is 22.7 Å². The maximum Gasteiger partial charge on any atom is 0.211 e. The summed E-state index contributed by atoms with van der Waals surface area (Å²) in [5.41, 5.74) is 8.02. The van der Waals surface area contributed by atoms with E-state index in [0.717, 1.165) is 16.6 Å². The summed E-state index contributed by atoms with van der Waals surface area (Å²) in [6.45, 7) is 3.10. The highest BCUT2D eigenvalue weighted by atomic mass is 79.9. The molecule has 1 saturated heterocycles. The zero-order chi connectivity index (χ0) is 14.8. The number of halogens is 1. The first-order chi connectivity index (χ1) is 9.41. The summed E-state index contributed by atoms with van der Waals surface area (Å²) in [6, 6.07) is 6.18. The van der Waals surface area contributed by atoms with Gasteiger partial charge in [-0.25, -0.2) is 8.42 Å². The lowest BCUT2D eigenvalue weighted by Crippen LogP contribution is -2.48. The Labute approximate surface area is 128 Å². The van der Waals surface area contributed by atoms with Crippen LogP contribution in [0.3, 0.4) is 0 Å². The molecule has 0 aromatic heterocycles. The summed E-state index contributed by atoms with van der Waals surface area (Å²) in [4.78, 5) is 2.23. The van der Waals surface area contributed by atoms with Crippen molar-refractivity contribution in [3.05, 3.63) is 28.2 Å². The molecule has 1 fully saturated rings. The van der Waals surface area contributed by atoms with Crippen LogP contribution < -0.4 is 10.6 Å². The van der Waals surface area contributed by atoms with Gasteiger partial charge in [-0.1, -0.05) is 22.0 Å². The number of hydrogen-bond acceptors (Lipinski definition) is 4. The highest BCUT2D eigenvalue weighted by Gasteiger charge is 2.24. The topological polar surface area (TPSA) is 66.6 Å². The van der Waals surface area contributed by atoms with Gasteiger partial charge in [-0.2, -0.15) is 4.31 Å². The molecule has 2 N–H and O–H groups in total. The molecule has 0 bridgehead atoms. The van der Waals surface area contributed by atoms with Gasteiger partial charge in [0.2, 0.25) is 10.0 Å². The lowest BCUT2D eigenvalue weighted by molar-refractivity contribution is 0.388. The summed E-state index contributed by atoms with van der Waals surface area (Å²) in [7, 11) is -3.08. The van der Waals surface area contributed by atoms with E-state index in [1.807, 2.05) is 6.07 Å². The van der Waals surface area contributed by atoms with Gasteiger partial charge in [-0.15, -0.1) is 0 Å². The Morgan fingerprint density at radius 1 is 1.25 bits per heavy atom. The second-order valence-corrected chi connectivity index (χ2v) is 7.86.